The minimum atomic E-state index is -0.502. The van der Waals surface area contributed by atoms with Crippen molar-refractivity contribution in [2.45, 2.75) is 59.0 Å². The highest BCUT2D eigenvalue weighted by Crippen LogP contribution is 2.44. The smallest absolute Gasteiger partial charge is 0.410 e. The average Bonchev–Trinajstić information content (AvgIpc) is 3.30. The van der Waals surface area contributed by atoms with Crippen molar-refractivity contribution in [3.63, 3.8) is 0 Å². The molecule has 2 aliphatic rings. The third kappa shape index (κ3) is 5.30. The van der Waals surface area contributed by atoms with E-state index in [0.717, 1.165) is 24.4 Å². The number of ether oxygens (including phenoxy) is 2. The second-order valence-electron chi connectivity index (χ2n) is 11.3. The largest absolute Gasteiger partial charge is 0.467 e. The lowest BCUT2D eigenvalue weighted by molar-refractivity contribution is 0.0240. The lowest BCUT2D eigenvalue weighted by Gasteiger charge is -2.39. The summed E-state index contributed by atoms with van der Waals surface area (Å²) in [5.41, 5.74) is 5.64. The fraction of sp³-hybridized carbons (Fsp3) is 0.556. The number of hydrogen-bond acceptors (Lipinski definition) is 7. The first-order valence-corrected chi connectivity index (χ1v) is 17.2. The summed E-state index contributed by atoms with van der Waals surface area (Å²) in [5.74, 6) is 1.68. The highest BCUT2D eigenvalue weighted by atomic mass is 127. The number of amides is 1. The van der Waals surface area contributed by atoms with Gasteiger partial charge in [0.05, 0.1) is 30.9 Å². The van der Waals surface area contributed by atoms with Gasteiger partial charge >= 0.3 is 12.1 Å². The summed E-state index contributed by atoms with van der Waals surface area (Å²) in [5, 5.41) is 5.90. The van der Waals surface area contributed by atoms with Gasteiger partial charge < -0.3 is 19.3 Å². The number of halogens is 1. The fourth-order valence-corrected chi connectivity index (χ4v) is 7.25. The van der Waals surface area contributed by atoms with E-state index < -0.39 is 5.60 Å². The molecule has 1 saturated heterocycles. The molecular formula is C27H36IN6O3P. The molecule has 1 fully saturated rings. The van der Waals surface area contributed by atoms with Crippen molar-refractivity contribution >= 4 is 51.2 Å². The zero-order chi connectivity index (χ0) is 27.2. The van der Waals surface area contributed by atoms with Gasteiger partial charge in [-0.3, -0.25) is 0 Å². The van der Waals surface area contributed by atoms with Gasteiger partial charge in [0, 0.05) is 37.1 Å². The Kier molecular flexibility index (Phi) is 7.75. The van der Waals surface area contributed by atoms with Gasteiger partial charge in [0.15, 0.2) is 0 Å². The Morgan fingerprint density at radius 2 is 1.87 bits per heavy atom. The first-order valence-electron chi connectivity index (χ1n) is 13.1. The van der Waals surface area contributed by atoms with E-state index in [1.54, 1.807) is 12.0 Å². The minimum absolute atomic E-state index is 0.258. The standard InChI is InChI=1S/C27H36IN6O3P/c1-16-7-8-22-20(15-29-34(22)38-28)23(16)18-14-21-19(13-17(18)2)24(31-25(30-21)36-6)32-9-11-33(12-10-32)26(35)37-27(3,4)5/h7-8,15,17-18,38H,9-14H2,1-6H3. The van der Waals surface area contributed by atoms with Crippen molar-refractivity contribution in [1.82, 2.24) is 24.4 Å². The molecule has 0 bridgehead atoms. The second kappa shape index (κ2) is 10.8. The number of aromatic nitrogens is 4. The van der Waals surface area contributed by atoms with Crippen LogP contribution in [0.1, 0.15) is 56.0 Å². The molecule has 2 aromatic heterocycles. The molecule has 1 aliphatic heterocycles. The Balaban J connectivity index is 1.43. The number of methoxy groups -OCH3 is 1. The van der Waals surface area contributed by atoms with Crippen molar-refractivity contribution < 1.29 is 14.3 Å². The van der Waals surface area contributed by atoms with Gasteiger partial charge in [-0.25, -0.2) is 9.25 Å². The highest BCUT2D eigenvalue weighted by Gasteiger charge is 2.35. The lowest BCUT2D eigenvalue weighted by Crippen LogP contribution is -2.50. The number of carbonyl (C=O) groups excluding carboxylic acids is 1. The number of anilines is 1. The molecule has 3 unspecified atom stereocenters. The number of piperazine rings is 1. The Morgan fingerprint density at radius 3 is 2.53 bits per heavy atom. The molecule has 3 heterocycles. The van der Waals surface area contributed by atoms with E-state index in [1.165, 1.54) is 27.6 Å². The number of nitrogens with zero attached hydrogens (tertiary/aromatic N) is 6. The van der Waals surface area contributed by atoms with Crippen LogP contribution < -0.4 is 9.64 Å². The van der Waals surface area contributed by atoms with Crippen LogP contribution in [0, 0.1) is 12.8 Å². The Bertz CT molecular complexity index is 1350. The molecule has 1 aliphatic carbocycles. The molecule has 204 valence electrons. The molecular weight excluding hydrogens is 614 g/mol. The van der Waals surface area contributed by atoms with E-state index in [2.05, 4.69) is 62.5 Å². The summed E-state index contributed by atoms with van der Waals surface area (Å²) in [7, 11) is 1.62. The number of fused-ring (bicyclic) bond motifs is 2. The molecule has 0 spiro atoms. The molecule has 11 heteroatoms. The van der Waals surface area contributed by atoms with Gasteiger partial charge in [-0.15, -0.1) is 0 Å². The molecule has 1 amide bonds. The Hall–Kier alpha value is -2.20. The number of benzene rings is 1. The maximum Gasteiger partial charge on any atom is 0.410 e. The van der Waals surface area contributed by atoms with E-state index in [-0.39, 0.29) is 6.09 Å². The van der Waals surface area contributed by atoms with Crippen LogP contribution in [0.2, 0.25) is 0 Å². The molecule has 9 nitrogen and oxygen atoms in total. The molecule has 5 rings (SSSR count). The first-order chi connectivity index (χ1) is 18.1. The molecule has 38 heavy (non-hydrogen) atoms. The molecule has 1 aromatic carbocycles. The second-order valence-corrected chi connectivity index (χ2v) is 13.3. The van der Waals surface area contributed by atoms with E-state index in [0.29, 0.717) is 50.4 Å². The third-order valence-corrected chi connectivity index (χ3v) is 9.44. The number of carbonyl (C=O) groups is 1. The Labute approximate surface area is 239 Å². The normalized spacial score (nSPS) is 20.3. The summed E-state index contributed by atoms with van der Waals surface area (Å²) in [6, 6.07) is 4.81. The molecule has 3 aromatic rings. The van der Waals surface area contributed by atoms with Crippen LogP contribution in [0.5, 0.6) is 6.01 Å². The summed E-state index contributed by atoms with van der Waals surface area (Å²) in [6.07, 6.45) is 4.06. The third-order valence-electron chi connectivity index (χ3n) is 7.55. The van der Waals surface area contributed by atoms with Crippen LogP contribution in [0.3, 0.4) is 0 Å². The maximum absolute atomic E-state index is 12.6. The van der Waals surface area contributed by atoms with E-state index in [9.17, 15) is 4.79 Å². The van der Waals surface area contributed by atoms with Gasteiger partial charge in [0.2, 0.25) is 0 Å². The highest BCUT2D eigenvalue weighted by molar-refractivity contribution is 14.2. The summed E-state index contributed by atoms with van der Waals surface area (Å²) in [4.78, 5) is 26.3. The topological polar surface area (TPSA) is 85.6 Å². The predicted octanol–water partition coefficient (Wildman–Crippen LogP) is 5.51. The lowest BCUT2D eigenvalue weighted by atomic mass is 9.73. The van der Waals surface area contributed by atoms with Crippen molar-refractivity contribution in [3.8, 4) is 6.01 Å². The quantitative estimate of drug-likeness (QED) is 0.272. The van der Waals surface area contributed by atoms with Crippen LogP contribution in [0.4, 0.5) is 10.6 Å². The summed E-state index contributed by atoms with van der Waals surface area (Å²) < 4.78 is 13.2. The summed E-state index contributed by atoms with van der Waals surface area (Å²) >= 11 is 2.38. The zero-order valence-corrected chi connectivity index (χ0v) is 26.1. The first kappa shape index (κ1) is 27.4. The van der Waals surface area contributed by atoms with Crippen LogP contribution >= 0.6 is 28.4 Å². The van der Waals surface area contributed by atoms with E-state index >= 15 is 0 Å². The van der Waals surface area contributed by atoms with Gasteiger partial charge in [-0.2, -0.15) is 15.1 Å². The van der Waals surface area contributed by atoms with Crippen molar-refractivity contribution in [2.24, 2.45) is 5.92 Å². The zero-order valence-electron chi connectivity index (χ0n) is 22.9. The van der Waals surface area contributed by atoms with Gasteiger partial charge in [-0.05, 0) is 91.6 Å². The minimum Gasteiger partial charge on any atom is -0.467 e. The van der Waals surface area contributed by atoms with Crippen LogP contribution in [0.15, 0.2) is 18.3 Å². The van der Waals surface area contributed by atoms with Gasteiger partial charge in [0.25, 0.3) is 0 Å². The van der Waals surface area contributed by atoms with Crippen molar-refractivity contribution in [2.75, 3.05) is 38.2 Å². The van der Waals surface area contributed by atoms with Gasteiger partial charge in [-0.1, -0.05) is 13.0 Å². The fourth-order valence-electron chi connectivity index (χ4n) is 5.70. The van der Waals surface area contributed by atoms with E-state index in [1.807, 2.05) is 27.0 Å². The van der Waals surface area contributed by atoms with Crippen molar-refractivity contribution in [1.29, 1.82) is 0 Å². The molecule has 3 atom stereocenters. The van der Waals surface area contributed by atoms with Crippen LogP contribution in [-0.4, -0.2) is 69.4 Å². The van der Waals surface area contributed by atoms with Gasteiger partial charge in [0.1, 0.15) is 11.4 Å². The number of hydrogen-bond donors (Lipinski definition) is 0. The van der Waals surface area contributed by atoms with Crippen molar-refractivity contribution in [3.05, 3.63) is 40.7 Å². The van der Waals surface area contributed by atoms with Crippen LogP contribution in [0.25, 0.3) is 10.9 Å². The number of rotatable bonds is 4. The molecule has 0 N–H and O–H groups in total. The monoisotopic (exact) mass is 650 g/mol. The average molecular weight is 651 g/mol. The molecule has 0 radical (unpaired) electrons. The Morgan fingerprint density at radius 1 is 1.13 bits per heavy atom. The van der Waals surface area contributed by atoms with E-state index in [4.69, 9.17) is 19.4 Å². The number of aryl methyl sites for hydroxylation is 1. The molecule has 0 saturated carbocycles. The predicted molar refractivity (Wildman–Crippen MR) is 160 cm³/mol. The SMILES string of the molecule is COc1nc2c(c(N3CCN(C(=O)OC(C)(C)C)CC3)n1)CC(C)C(c1c(C)ccc3c1cnn3PI)C2. The maximum atomic E-state index is 12.6. The summed E-state index contributed by atoms with van der Waals surface area (Å²) in [6.45, 7) is 12.8. The van der Waals surface area contributed by atoms with Crippen LogP contribution in [-0.2, 0) is 17.6 Å².